The first-order chi connectivity index (χ1) is 7.30. The summed E-state index contributed by atoms with van der Waals surface area (Å²) in [6.45, 7) is 0. The lowest BCUT2D eigenvalue weighted by molar-refractivity contribution is 0.908. The standard InChI is InChI=1S/C13H8N2/c14-8-2-4-11-3-1-5-12(9-11)13(10-15)6-7-13/h1,3,5,9H,6-7H2. The Kier molecular flexibility index (Phi) is 2.17. The average molecular weight is 192 g/mol. The summed E-state index contributed by atoms with van der Waals surface area (Å²) in [5.41, 5.74) is 1.55. The zero-order valence-corrected chi connectivity index (χ0v) is 8.12. The van der Waals surface area contributed by atoms with E-state index in [2.05, 4.69) is 17.9 Å². The van der Waals surface area contributed by atoms with E-state index in [4.69, 9.17) is 10.5 Å². The van der Waals surface area contributed by atoms with Crippen molar-refractivity contribution in [1.29, 1.82) is 10.5 Å². The molecule has 1 aromatic carbocycles. The molecule has 1 aliphatic carbocycles. The molecule has 2 rings (SSSR count). The summed E-state index contributed by atoms with van der Waals surface area (Å²) in [6, 6.07) is 11.7. The van der Waals surface area contributed by atoms with Crippen molar-refractivity contribution >= 4 is 0 Å². The van der Waals surface area contributed by atoms with Crippen molar-refractivity contribution in [2.75, 3.05) is 0 Å². The Morgan fingerprint density at radius 2 is 2.00 bits per heavy atom. The third kappa shape index (κ3) is 1.69. The predicted octanol–water partition coefficient (Wildman–Crippen LogP) is 2.12. The maximum absolute atomic E-state index is 9.04. The maximum Gasteiger partial charge on any atom is 0.152 e. The molecule has 0 radical (unpaired) electrons. The van der Waals surface area contributed by atoms with Gasteiger partial charge < -0.3 is 0 Å². The largest absolute Gasteiger partial charge is 0.197 e. The molecule has 0 atom stereocenters. The van der Waals surface area contributed by atoms with Gasteiger partial charge in [0.25, 0.3) is 0 Å². The molecule has 0 unspecified atom stereocenters. The number of nitrogens with zero attached hydrogens (tertiary/aromatic N) is 2. The highest BCUT2D eigenvalue weighted by molar-refractivity contribution is 5.46. The topological polar surface area (TPSA) is 47.6 Å². The molecule has 0 bridgehead atoms. The van der Waals surface area contributed by atoms with Crippen molar-refractivity contribution in [3.63, 3.8) is 0 Å². The molecule has 1 fully saturated rings. The summed E-state index contributed by atoms with van der Waals surface area (Å²) in [7, 11) is 0. The molecule has 0 amide bonds. The molecule has 1 aliphatic rings. The van der Waals surface area contributed by atoms with Crippen molar-refractivity contribution in [2.24, 2.45) is 0 Å². The molecular formula is C13H8N2. The summed E-state index contributed by atoms with van der Waals surface area (Å²) < 4.78 is 0. The van der Waals surface area contributed by atoms with Crippen LogP contribution in [0.15, 0.2) is 24.3 Å². The Labute approximate surface area is 88.8 Å². The quantitative estimate of drug-likeness (QED) is 0.640. The highest BCUT2D eigenvalue weighted by Crippen LogP contribution is 2.47. The van der Waals surface area contributed by atoms with Crippen molar-refractivity contribution < 1.29 is 0 Å². The van der Waals surface area contributed by atoms with Crippen LogP contribution >= 0.6 is 0 Å². The first-order valence-electron chi connectivity index (χ1n) is 4.73. The lowest BCUT2D eigenvalue weighted by Gasteiger charge is -2.05. The van der Waals surface area contributed by atoms with Crippen molar-refractivity contribution in [3.8, 4) is 24.0 Å². The van der Waals surface area contributed by atoms with Gasteiger partial charge in [0.2, 0.25) is 0 Å². The fourth-order valence-electron chi connectivity index (χ4n) is 1.58. The molecule has 0 spiro atoms. The van der Waals surface area contributed by atoms with Gasteiger partial charge in [-0.15, -0.1) is 0 Å². The zero-order valence-electron chi connectivity index (χ0n) is 8.12. The van der Waals surface area contributed by atoms with Crippen LogP contribution in [0.3, 0.4) is 0 Å². The van der Waals surface area contributed by atoms with Gasteiger partial charge >= 0.3 is 0 Å². The first kappa shape index (κ1) is 9.32. The first-order valence-corrected chi connectivity index (χ1v) is 4.73. The van der Waals surface area contributed by atoms with Crippen LogP contribution in [0, 0.1) is 34.5 Å². The number of hydrogen-bond donors (Lipinski definition) is 0. The van der Waals surface area contributed by atoms with Gasteiger partial charge in [-0.05, 0) is 30.5 Å². The van der Waals surface area contributed by atoms with E-state index in [0.29, 0.717) is 0 Å². The van der Waals surface area contributed by atoms with Crippen LogP contribution in [-0.4, -0.2) is 0 Å². The van der Waals surface area contributed by atoms with E-state index < -0.39 is 0 Å². The third-order valence-corrected chi connectivity index (χ3v) is 2.64. The van der Waals surface area contributed by atoms with Gasteiger partial charge in [0.15, 0.2) is 6.07 Å². The smallest absolute Gasteiger partial charge is 0.152 e. The molecule has 0 aliphatic heterocycles. The number of rotatable bonds is 1. The van der Waals surface area contributed by atoms with Gasteiger partial charge in [-0.1, -0.05) is 18.1 Å². The number of benzene rings is 1. The van der Waals surface area contributed by atoms with E-state index in [1.54, 1.807) is 6.07 Å². The predicted molar refractivity (Wildman–Crippen MR) is 55.5 cm³/mol. The Hall–Kier alpha value is -2.24. The second kappa shape index (κ2) is 3.49. The second-order valence-electron chi connectivity index (χ2n) is 3.64. The van der Waals surface area contributed by atoms with Crippen molar-refractivity contribution in [2.45, 2.75) is 18.3 Å². The van der Waals surface area contributed by atoms with E-state index >= 15 is 0 Å². The van der Waals surface area contributed by atoms with E-state index in [0.717, 1.165) is 24.0 Å². The molecule has 0 N–H and O–H groups in total. The SMILES string of the molecule is N#CC#Cc1cccc(C2(C#N)CC2)c1. The monoisotopic (exact) mass is 192 g/mol. The minimum absolute atomic E-state index is 0.273. The van der Waals surface area contributed by atoms with Crippen LogP contribution in [0.5, 0.6) is 0 Å². The molecule has 1 aromatic rings. The lowest BCUT2D eigenvalue weighted by atomic mass is 9.96. The fourth-order valence-corrected chi connectivity index (χ4v) is 1.58. The second-order valence-corrected chi connectivity index (χ2v) is 3.64. The number of nitriles is 2. The molecule has 15 heavy (non-hydrogen) atoms. The molecule has 0 heterocycles. The molecule has 2 nitrogen and oxygen atoms in total. The fraction of sp³-hybridized carbons (Fsp3) is 0.231. The van der Waals surface area contributed by atoms with Gasteiger partial charge in [-0.3, -0.25) is 0 Å². The summed E-state index contributed by atoms with van der Waals surface area (Å²) in [5, 5.41) is 17.4. The van der Waals surface area contributed by atoms with Crippen LogP contribution in [0.1, 0.15) is 24.0 Å². The average Bonchev–Trinajstić information content (AvgIpc) is 3.08. The van der Waals surface area contributed by atoms with Crippen LogP contribution in [0.2, 0.25) is 0 Å². The van der Waals surface area contributed by atoms with E-state index in [9.17, 15) is 0 Å². The molecule has 70 valence electrons. The summed E-state index contributed by atoms with van der Waals surface area (Å²) >= 11 is 0. The van der Waals surface area contributed by atoms with Crippen molar-refractivity contribution in [3.05, 3.63) is 35.4 Å². The van der Waals surface area contributed by atoms with Crippen LogP contribution in [0.4, 0.5) is 0 Å². The molecule has 0 saturated heterocycles. The Morgan fingerprint density at radius 3 is 2.60 bits per heavy atom. The highest BCUT2D eigenvalue weighted by Gasteiger charge is 2.44. The Bertz CT molecular complexity index is 528. The Balaban J connectivity index is 2.37. The maximum atomic E-state index is 9.04. The van der Waals surface area contributed by atoms with Gasteiger partial charge in [-0.25, -0.2) is 0 Å². The van der Waals surface area contributed by atoms with Gasteiger partial charge in [0.1, 0.15) is 0 Å². The zero-order chi connectivity index (χ0) is 10.7. The van der Waals surface area contributed by atoms with E-state index in [1.165, 1.54) is 0 Å². The lowest BCUT2D eigenvalue weighted by Crippen LogP contribution is -2.02. The summed E-state index contributed by atoms with van der Waals surface area (Å²) in [6.07, 6.45) is 1.86. The summed E-state index contributed by atoms with van der Waals surface area (Å²) in [4.78, 5) is 0. The van der Waals surface area contributed by atoms with E-state index in [1.807, 2.05) is 24.3 Å². The van der Waals surface area contributed by atoms with Gasteiger partial charge in [0.05, 0.1) is 11.5 Å². The minimum atomic E-state index is -0.273. The van der Waals surface area contributed by atoms with Crippen LogP contribution in [-0.2, 0) is 5.41 Å². The highest BCUT2D eigenvalue weighted by atomic mass is 14.5. The third-order valence-electron chi connectivity index (χ3n) is 2.64. The number of hydrogen-bond acceptors (Lipinski definition) is 2. The van der Waals surface area contributed by atoms with Crippen molar-refractivity contribution in [1.82, 2.24) is 0 Å². The van der Waals surface area contributed by atoms with Gasteiger partial charge in [0, 0.05) is 11.5 Å². The summed E-state index contributed by atoms with van der Waals surface area (Å²) in [5.74, 6) is 5.09. The molecule has 0 aromatic heterocycles. The Morgan fingerprint density at radius 1 is 1.20 bits per heavy atom. The minimum Gasteiger partial charge on any atom is -0.197 e. The van der Waals surface area contributed by atoms with Crippen LogP contribution in [0.25, 0.3) is 0 Å². The normalized spacial score (nSPS) is 15.3. The molecule has 1 saturated carbocycles. The molecular weight excluding hydrogens is 184 g/mol. The van der Waals surface area contributed by atoms with Gasteiger partial charge in [-0.2, -0.15) is 10.5 Å². The molecule has 2 heteroatoms. The van der Waals surface area contributed by atoms with Crippen LogP contribution < -0.4 is 0 Å². The van der Waals surface area contributed by atoms with E-state index in [-0.39, 0.29) is 5.41 Å².